The number of esters is 1. The minimum Gasteiger partial charge on any atom is -0.456 e. The molecule has 9 nitrogen and oxygen atoms in total. The SMILES string of the molecule is CCC1(CC)NC(=O)N(CC(=O)OCC(=O)c2ccc(NC(=O)CC(C)C)cc2)C1=O. The summed E-state index contributed by atoms with van der Waals surface area (Å²) in [5, 5.41) is 5.37. The molecule has 0 unspecified atom stereocenters. The minimum absolute atomic E-state index is 0.112. The quantitative estimate of drug-likeness (QED) is 0.333. The van der Waals surface area contributed by atoms with Crippen LogP contribution in [0, 0.1) is 5.92 Å². The molecule has 2 N–H and O–H groups in total. The van der Waals surface area contributed by atoms with Gasteiger partial charge in [-0.15, -0.1) is 0 Å². The molecule has 2 rings (SSSR count). The maximum atomic E-state index is 12.5. The van der Waals surface area contributed by atoms with Gasteiger partial charge in [-0.25, -0.2) is 4.79 Å². The highest BCUT2D eigenvalue weighted by atomic mass is 16.5. The van der Waals surface area contributed by atoms with Crippen LogP contribution >= 0.6 is 0 Å². The van der Waals surface area contributed by atoms with Crippen LogP contribution in [0.3, 0.4) is 0 Å². The Balaban J connectivity index is 1.87. The summed E-state index contributed by atoms with van der Waals surface area (Å²) in [6.07, 6.45) is 1.21. The lowest BCUT2D eigenvalue weighted by Gasteiger charge is -2.22. The van der Waals surface area contributed by atoms with Crippen molar-refractivity contribution in [1.82, 2.24) is 10.2 Å². The Morgan fingerprint density at radius 1 is 1.10 bits per heavy atom. The molecule has 1 aliphatic rings. The Labute approximate surface area is 181 Å². The Morgan fingerprint density at radius 3 is 2.23 bits per heavy atom. The highest BCUT2D eigenvalue weighted by Gasteiger charge is 2.49. The number of rotatable bonds is 10. The Kier molecular flexibility index (Phi) is 7.90. The first-order chi connectivity index (χ1) is 14.6. The van der Waals surface area contributed by atoms with E-state index in [4.69, 9.17) is 4.74 Å². The van der Waals surface area contributed by atoms with Crippen LogP contribution in [0.1, 0.15) is 57.3 Å². The van der Waals surface area contributed by atoms with Crippen molar-refractivity contribution in [2.45, 2.75) is 52.5 Å². The van der Waals surface area contributed by atoms with Gasteiger partial charge in [-0.05, 0) is 43.0 Å². The first-order valence-electron chi connectivity index (χ1n) is 10.3. The predicted molar refractivity (Wildman–Crippen MR) is 113 cm³/mol. The maximum absolute atomic E-state index is 12.5. The van der Waals surface area contributed by atoms with Crippen LogP contribution in [0.4, 0.5) is 10.5 Å². The van der Waals surface area contributed by atoms with Gasteiger partial charge in [-0.2, -0.15) is 0 Å². The molecule has 0 saturated carbocycles. The molecule has 1 aliphatic heterocycles. The van der Waals surface area contributed by atoms with Crippen LogP contribution in [0.15, 0.2) is 24.3 Å². The first kappa shape index (κ1) is 24.0. The van der Waals surface area contributed by atoms with Gasteiger partial charge in [0.15, 0.2) is 12.4 Å². The Morgan fingerprint density at radius 2 is 1.71 bits per heavy atom. The molecule has 0 radical (unpaired) electrons. The fraction of sp³-hybridized carbons (Fsp3) is 0.500. The molecule has 1 fully saturated rings. The molecular weight excluding hydrogens is 402 g/mol. The second kappa shape index (κ2) is 10.2. The summed E-state index contributed by atoms with van der Waals surface area (Å²) < 4.78 is 4.96. The Hall–Kier alpha value is -3.23. The molecule has 31 heavy (non-hydrogen) atoms. The summed E-state index contributed by atoms with van der Waals surface area (Å²) in [4.78, 5) is 61.5. The molecule has 0 bridgehead atoms. The van der Waals surface area contributed by atoms with Gasteiger partial charge in [0.25, 0.3) is 5.91 Å². The van der Waals surface area contributed by atoms with Crippen LogP contribution in [0.2, 0.25) is 0 Å². The number of ether oxygens (including phenoxy) is 1. The second-order valence-corrected chi connectivity index (χ2v) is 7.92. The van der Waals surface area contributed by atoms with Crippen molar-refractivity contribution in [3.63, 3.8) is 0 Å². The molecule has 1 heterocycles. The molecule has 0 spiro atoms. The lowest BCUT2D eigenvalue weighted by atomic mass is 9.93. The predicted octanol–water partition coefficient (Wildman–Crippen LogP) is 2.51. The molecule has 1 aromatic rings. The maximum Gasteiger partial charge on any atom is 0.326 e. The molecule has 0 aromatic heterocycles. The highest BCUT2D eigenvalue weighted by Crippen LogP contribution is 2.24. The van der Waals surface area contributed by atoms with Gasteiger partial charge in [0.1, 0.15) is 12.1 Å². The molecule has 4 amide bonds. The lowest BCUT2D eigenvalue weighted by Crippen LogP contribution is -2.46. The third-order valence-electron chi connectivity index (χ3n) is 5.19. The first-order valence-corrected chi connectivity index (χ1v) is 10.3. The monoisotopic (exact) mass is 431 g/mol. The normalized spacial score (nSPS) is 15.1. The van der Waals surface area contributed by atoms with E-state index < -0.39 is 42.4 Å². The van der Waals surface area contributed by atoms with Crippen LogP contribution in [-0.4, -0.2) is 53.2 Å². The number of ketones is 1. The molecule has 1 saturated heterocycles. The van der Waals surface area contributed by atoms with E-state index >= 15 is 0 Å². The van der Waals surface area contributed by atoms with Crippen LogP contribution in [-0.2, 0) is 19.1 Å². The van der Waals surface area contributed by atoms with Crippen molar-refractivity contribution in [2.75, 3.05) is 18.5 Å². The number of amides is 4. The smallest absolute Gasteiger partial charge is 0.326 e. The summed E-state index contributed by atoms with van der Waals surface area (Å²) in [6.45, 7) is 6.37. The lowest BCUT2D eigenvalue weighted by molar-refractivity contribution is -0.146. The fourth-order valence-electron chi connectivity index (χ4n) is 3.28. The van der Waals surface area contributed by atoms with Crippen LogP contribution < -0.4 is 10.6 Å². The third kappa shape index (κ3) is 5.90. The largest absolute Gasteiger partial charge is 0.456 e. The Bertz CT molecular complexity index is 859. The van der Waals surface area contributed by atoms with E-state index in [1.165, 1.54) is 12.1 Å². The summed E-state index contributed by atoms with van der Waals surface area (Å²) in [5.74, 6) is -1.64. The van der Waals surface area contributed by atoms with Gasteiger partial charge in [0, 0.05) is 17.7 Å². The number of carbonyl (C=O) groups excluding carboxylic acids is 5. The van der Waals surface area contributed by atoms with Gasteiger partial charge in [0.05, 0.1) is 0 Å². The van der Waals surface area contributed by atoms with Gasteiger partial charge in [-0.1, -0.05) is 27.7 Å². The van der Waals surface area contributed by atoms with Gasteiger partial charge < -0.3 is 15.4 Å². The number of anilines is 1. The van der Waals surface area contributed by atoms with Crippen molar-refractivity contribution in [3.8, 4) is 0 Å². The van der Waals surface area contributed by atoms with E-state index in [1.807, 2.05) is 13.8 Å². The van der Waals surface area contributed by atoms with Crippen molar-refractivity contribution < 1.29 is 28.7 Å². The van der Waals surface area contributed by atoms with Crippen LogP contribution in [0.25, 0.3) is 0 Å². The van der Waals surface area contributed by atoms with E-state index in [2.05, 4.69) is 10.6 Å². The minimum atomic E-state index is -1.00. The number of benzene rings is 1. The van der Waals surface area contributed by atoms with Crippen molar-refractivity contribution in [2.24, 2.45) is 5.92 Å². The van der Waals surface area contributed by atoms with E-state index in [-0.39, 0.29) is 11.8 Å². The van der Waals surface area contributed by atoms with Crippen molar-refractivity contribution in [3.05, 3.63) is 29.8 Å². The standard InChI is InChI=1S/C22H29N3O6/c1-5-22(6-2)20(29)25(21(30)24-22)12-19(28)31-13-17(26)15-7-9-16(10-8-15)23-18(27)11-14(3)4/h7-10,14H,5-6,11-13H2,1-4H3,(H,23,27)(H,24,30). The van der Waals surface area contributed by atoms with Gasteiger partial charge >= 0.3 is 12.0 Å². The van der Waals surface area contributed by atoms with Crippen molar-refractivity contribution in [1.29, 1.82) is 0 Å². The zero-order valence-electron chi connectivity index (χ0n) is 18.3. The zero-order chi connectivity index (χ0) is 23.2. The summed E-state index contributed by atoms with van der Waals surface area (Å²) in [5.41, 5.74) is -0.131. The highest BCUT2D eigenvalue weighted by molar-refractivity contribution is 6.08. The third-order valence-corrected chi connectivity index (χ3v) is 5.19. The number of nitrogens with zero attached hydrogens (tertiary/aromatic N) is 1. The fourth-order valence-corrected chi connectivity index (χ4v) is 3.28. The summed E-state index contributed by atoms with van der Waals surface area (Å²) in [6, 6.07) is 5.59. The number of nitrogens with one attached hydrogen (secondary N) is 2. The topological polar surface area (TPSA) is 122 Å². The van der Waals surface area contributed by atoms with Gasteiger partial charge in [-0.3, -0.25) is 24.1 Å². The molecule has 168 valence electrons. The van der Waals surface area contributed by atoms with E-state index in [0.717, 1.165) is 4.90 Å². The molecule has 0 atom stereocenters. The van der Waals surface area contributed by atoms with E-state index in [9.17, 15) is 24.0 Å². The average molecular weight is 431 g/mol. The van der Waals surface area contributed by atoms with Gasteiger partial charge in [0.2, 0.25) is 5.91 Å². The number of urea groups is 1. The van der Waals surface area contributed by atoms with Crippen molar-refractivity contribution >= 4 is 35.3 Å². The summed E-state index contributed by atoms with van der Waals surface area (Å²) >= 11 is 0. The van der Waals surface area contributed by atoms with E-state index in [1.54, 1.807) is 26.0 Å². The number of hydrogen-bond donors (Lipinski definition) is 2. The molecule has 0 aliphatic carbocycles. The average Bonchev–Trinajstić information content (AvgIpc) is 2.96. The summed E-state index contributed by atoms with van der Waals surface area (Å²) in [7, 11) is 0. The molecule has 1 aromatic carbocycles. The molecular formula is C22H29N3O6. The molecule has 9 heteroatoms. The zero-order valence-corrected chi connectivity index (χ0v) is 18.3. The number of Topliss-reactive ketones (excluding diaryl/α,β-unsaturated/α-hetero) is 1. The number of hydrogen-bond acceptors (Lipinski definition) is 6. The number of carbonyl (C=O) groups is 5. The second-order valence-electron chi connectivity index (χ2n) is 7.92. The van der Waals surface area contributed by atoms with Crippen LogP contribution in [0.5, 0.6) is 0 Å². The van der Waals surface area contributed by atoms with E-state index in [0.29, 0.717) is 30.5 Å². The number of imide groups is 1.